The zero-order valence-electron chi connectivity index (χ0n) is 32.2. The predicted octanol–water partition coefficient (Wildman–Crippen LogP) is 9.07. The molecule has 0 fully saturated rings. The maximum atomic E-state index is 12.2. The maximum Gasteiger partial charge on any atom is 0.323 e. The highest BCUT2D eigenvalue weighted by Crippen LogP contribution is 2.35. The van der Waals surface area contributed by atoms with E-state index in [1.807, 2.05) is 30.3 Å². The fraction of sp³-hybridized carbons (Fsp3) is 0.133. The van der Waals surface area contributed by atoms with Gasteiger partial charge in [-0.3, -0.25) is 9.97 Å². The zero-order valence-corrected chi connectivity index (χ0v) is 32.2. The molecule has 7 aromatic rings. The Labute approximate surface area is 340 Å². The topological polar surface area (TPSA) is 196 Å². The molecule has 0 bridgehead atoms. The van der Waals surface area contributed by atoms with Crippen LogP contribution in [-0.4, -0.2) is 56.6 Å². The summed E-state index contributed by atoms with van der Waals surface area (Å²) in [4.78, 5) is 20.9. The van der Waals surface area contributed by atoms with Crippen LogP contribution in [0.15, 0.2) is 128 Å². The number of ether oxygens (including phenoxy) is 6. The molecule has 5 aromatic carbocycles. The summed E-state index contributed by atoms with van der Waals surface area (Å²) in [7, 11) is 3.18. The number of rotatable bonds is 14. The van der Waals surface area contributed by atoms with Gasteiger partial charge in [-0.05, 0) is 84.9 Å². The van der Waals surface area contributed by atoms with Gasteiger partial charge in [0, 0.05) is 66.6 Å². The SMILES string of the molecule is COCCOc1cc2nccc(Oc3ccc(N)cc3)c2cc1C#N.COCCOc1cc2nccc(Oc3ccc(NC(=O)Nc4ccccc4)cc3)c2cc1C#N. The fourth-order valence-electron chi connectivity index (χ4n) is 5.57. The molecule has 0 aliphatic carbocycles. The van der Waals surface area contributed by atoms with Crippen molar-refractivity contribution in [3.05, 3.63) is 139 Å². The monoisotopic (exact) mass is 789 g/mol. The van der Waals surface area contributed by atoms with E-state index in [4.69, 9.17) is 34.2 Å². The lowest BCUT2D eigenvalue weighted by Crippen LogP contribution is -2.19. The van der Waals surface area contributed by atoms with Crippen molar-refractivity contribution in [2.75, 3.05) is 57.0 Å². The van der Waals surface area contributed by atoms with Crippen LogP contribution in [0.5, 0.6) is 34.5 Å². The minimum Gasteiger partial charge on any atom is -0.490 e. The maximum absolute atomic E-state index is 12.2. The van der Waals surface area contributed by atoms with Gasteiger partial charge in [0.15, 0.2) is 0 Å². The van der Waals surface area contributed by atoms with Gasteiger partial charge in [-0.25, -0.2) is 4.79 Å². The molecule has 0 saturated carbocycles. The number of benzene rings is 5. The van der Waals surface area contributed by atoms with Gasteiger partial charge in [0.05, 0.1) is 35.4 Å². The number of pyridine rings is 2. The molecule has 0 unspecified atom stereocenters. The first-order valence-electron chi connectivity index (χ1n) is 18.2. The molecule has 0 radical (unpaired) electrons. The van der Waals surface area contributed by atoms with Gasteiger partial charge in [-0.2, -0.15) is 10.5 Å². The smallest absolute Gasteiger partial charge is 0.323 e. The van der Waals surface area contributed by atoms with E-state index in [-0.39, 0.29) is 6.03 Å². The Bertz CT molecular complexity index is 2590. The van der Waals surface area contributed by atoms with Crippen LogP contribution in [-0.2, 0) is 9.47 Å². The van der Waals surface area contributed by atoms with Gasteiger partial charge < -0.3 is 44.8 Å². The summed E-state index contributed by atoms with van der Waals surface area (Å²) >= 11 is 0. The summed E-state index contributed by atoms with van der Waals surface area (Å²) < 4.78 is 33.2. The van der Waals surface area contributed by atoms with E-state index < -0.39 is 0 Å². The zero-order chi connectivity index (χ0) is 41.4. The Balaban J connectivity index is 0.000000208. The van der Waals surface area contributed by atoms with Crippen LogP contribution in [0.4, 0.5) is 21.9 Å². The molecule has 0 aliphatic heterocycles. The number of hydrogen-bond acceptors (Lipinski definition) is 12. The molecule has 2 heterocycles. The Kier molecular flexibility index (Phi) is 14.0. The van der Waals surface area contributed by atoms with E-state index in [0.717, 1.165) is 5.39 Å². The lowest BCUT2D eigenvalue weighted by molar-refractivity contribution is 0.146. The normalized spacial score (nSPS) is 10.4. The lowest BCUT2D eigenvalue weighted by Gasteiger charge is -2.12. The minimum atomic E-state index is -0.340. The number of urea groups is 1. The number of nitrogens with two attached hydrogens (primary N) is 1. The van der Waals surface area contributed by atoms with Crippen molar-refractivity contribution in [2.45, 2.75) is 0 Å². The molecule has 0 atom stereocenters. The first-order chi connectivity index (χ1) is 28.9. The molecule has 59 heavy (non-hydrogen) atoms. The number of nitrogens with one attached hydrogen (secondary N) is 2. The summed E-state index contributed by atoms with van der Waals surface area (Å²) in [5, 5.41) is 25.9. The summed E-state index contributed by atoms with van der Waals surface area (Å²) in [6.45, 7) is 1.55. The van der Waals surface area contributed by atoms with E-state index in [1.54, 1.807) is 112 Å². The third kappa shape index (κ3) is 11.1. The number of fused-ring (bicyclic) bond motifs is 2. The van der Waals surface area contributed by atoms with E-state index in [1.165, 1.54) is 0 Å². The second kappa shape index (κ2) is 20.3. The number of para-hydroxylation sites is 1. The average Bonchev–Trinajstić information content (AvgIpc) is 3.25. The number of carbonyl (C=O) groups is 1. The standard InChI is InChI=1S/C26H22N4O4.C19H17N3O3/c1-32-13-14-33-25-16-23-22(15-18(25)17-27)24(11-12-28-23)34-21-9-7-20(8-10-21)30-26(31)29-19-5-3-2-4-6-19;1-23-8-9-24-19-11-17-16(10-13(19)12-20)18(6-7-22-17)25-15-4-2-14(21)3-5-15/h2-12,15-16H,13-14H2,1H3,(H2,29,30,31);2-7,10-11H,8-9,21H2,1H3. The first-order valence-corrected chi connectivity index (χ1v) is 18.2. The Morgan fingerprint density at radius 3 is 1.51 bits per heavy atom. The van der Waals surface area contributed by atoms with Crippen molar-refractivity contribution < 1.29 is 33.2 Å². The van der Waals surface area contributed by atoms with Crippen LogP contribution in [0.1, 0.15) is 11.1 Å². The highest BCUT2D eigenvalue weighted by molar-refractivity contribution is 5.99. The number of anilines is 3. The molecule has 2 aromatic heterocycles. The molecule has 2 amide bonds. The number of nitrogen functional groups attached to an aromatic ring is 1. The van der Waals surface area contributed by atoms with Crippen LogP contribution >= 0.6 is 0 Å². The van der Waals surface area contributed by atoms with Crippen LogP contribution in [0.2, 0.25) is 0 Å². The summed E-state index contributed by atoms with van der Waals surface area (Å²) in [5.41, 5.74) is 9.79. The summed E-state index contributed by atoms with van der Waals surface area (Å²) in [5.74, 6) is 3.30. The van der Waals surface area contributed by atoms with Gasteiger partial charge in [0.1, 0.15) is 59.8 Å². The number of hydrogen-bond donors (Lipinski definition) is 3. The minimum absolute atomic E-state index is 0.330. The molecule has 14 nitrogen and oxygen atoms in total. The van der Waals surface area contributed by atoms with Crippen molar-refractivity contribution in [1.29, 1.82) is 10.5 Å². The second-order valence-electron chi connectivity index (χ2n) is 12.5. The third-order valence-corrected chi connectivity index (χ3v) is 8.42. The van der Waals surface area contributed by atoms with Crippen molar-refractivity contribution in [3.63, 3.8) is 0 Å². The molecule has 14 heteroatoms. The first kappa shape index (κ1) is 40.7. The number of nitrogens with zero attached hydrogens (tertiary/aromatic N) is 4. The highest BCUT2D eigenvalue weighted by Gasteiger charge is 2.14. The van der Waals surface area contributed by atoms with Gasteiger partial charge in [-0.1, -0.05) is 18.2 Å². The Hall–Kier alpha value is -7.91. The molecule has 0 spiro atoms. The van der Waals surface area contributed by atoms with E-state index in [9.17, 15) is 15.3 Å². The molecular weight excluding hydrogens is 751 g/mol. The van der Waals surface area contributed by atoms with Crippen LogP contribution in [0.3, 0.4) is 0 Å². The molecule has 0 aliphatic rings. The van der Waals surface area contributed by atoms with Gasteiger partial charge in [-0.15, -0.1) is 0 Å². The molecule has 4 N–H and O–H groups in total. The lowest BCUT2D eigenvalue weighted by atomic mass is 10.1. The van der Waals surface area contributed by atoms with Gasteiger partial charge >= 0.3 is 6.03 Å². The number of amides is 2. The van der Waals surface area contributed by atoms with E-state index >= 15 is 0 Å². The number of aromatic nitrogens is 2. The summed E-state index contributed by atoms with van der Waals surface area (Å²) in [6.07, 6.45) is 3.28. The highest BCUT2D eigenvalue weighted by atomic mass is 16.5. The van der Waals surface area contributed by atoms with Crippen molar-refractivity contribution in [3.8, 4) is 46.6 Å². The average molecular weight is 790 g/mol. The quantitative estimate of drug-likeness (QED) is 0.0699. The van der Waals surface area contributed by atoms with Gasteiger partial charge in [0.25, 0.3) is 0 Å². The Morgan fingerprint density at radius 1 is 0.593 bits per heavy atom. The third-order valence-electron chi connectivity index (χ3n) is 8.42. The van der Waals surface area contributed by atoms with Gasteiger partial charge in [0.2, 0.25) is 0 Å². The molecule has 7 rings (SSSR count). The van der Waals surface area contributed by atoms with Crippen LogP contribution < -0.4 is 35.3 Å². The number of nitriles is 2. The molecule has 296 valence electrons. The van der Waals surface area contributed by atoms with Crippen molar-refractivity contribution in [1.82, 2.24) is 9.97 Å². The van der Waals surface area contributed by atoms with Crippen LogP contribution in [0.25, 0.3) is 21.8 Å². The van der Waals surface area contributed by atoms with Crippen LogP contribution in [0, 0.1) is 22.7 Å². The largest absolute Gasteiger partial charge is 0.490 e. The Morgan fingerprint density at radius 2 is 1.05 bits per heavy atom. The predicted molar refractivity (Wildman–Crippen MR) is 224 cm³/mol. The summed E-state index contributed by atoms with van der Waals surface area (Å²) in [6, 6.07) is 37.6. The van der Waals surface area contributed by atoms with E-state index in [0.29, 0.717) is 106 Å². The fourth-order valence-corrected chi connectivity index (χ4v) is 5.57. The number of carbonyl (C=O) groups excluding carboxylic acids is 1. The van der Waals surface area contributed by atoms with Crippen molar-refractivity contribution >= 4 is 44.9 Å². The van der Waals surface area contributed by atoms with E-state index in [2.05, 4.69) is 32.7 Å². The molecule has 0 saturated heterocycles. The number of methoxy groups -OCH3 is 2. The molecular formula is C45H39N7O7. The second-order valence-corrected chi connectivity index (χ2v) is 12.5. The van der Waals surface area contributed by atoms with Crippen molar-refractivity contribution in [2.24, 2.45) is 0 Å².